The Bertz CT molecular complexity index is 1820. The van der Waals surface area contributed by atoms with Gasteiger partial charge in [0.2, 0.25) is 5.67 Å². The van der Waals surface area contributed by atoms with Gasteiger partial charge in [-0.25, -0.2) is 18.7 Å². The molecule has 4 aromatic rings. The third-order valence-corrected chi connectivity index (χ3v) is 7.12. The number of aromatic nitrogens is 3. The zero-order chi connectivity index (χ0) is 32.3. The average molecular weight is 618 g/mol. The smallest absolute Gasteiger partial charge is 0.265 e. The Kier molecular flexibility index (Phi) is 8.61. The molecule has 2 atom stereocenters. The lowest BCUT2D eigenvalue weighted by atomic mass is 9.86. The number of anilines is 2. The second-order valence-corrected chi connectivity index (χ2v) is 9.80. The second-order valence-electron chi connectivity index (χ2n) is 9.80. The summed E-state index contributed by atoms with van der Waals surface area (Å²) in [5, 5.41) is 2.47. The molecule has 0 spiro atoms. The van der Waals surface area contributed by atoms with Crippen LogP contribution in [0.1, 0.15) is 13.8 Å². The highest BCUT2D eigenvalue weighted by Gasteiger charge is 2.50. The number of pyridine rings is 3. The largest absolute Gasteiger partial charge is 0.495 e. The van der Waals surface area contributed by atoms with Gasteiger partial charge < -0.3 is 24.3 Å². The number of fused-ring (bicyclic) bond motifs is 1. The minimum absolute atomic E-state index is 0.0150. The Balaban J connectivity index is 1.43. The Labute approximate surface area is 257 Å². The lowest BCUT2D eigenvalue weighted by molar-refractivity contribution is -0.121. The van der Waals surface area contributed by atoms with Gasteiger partial charge >= 0.3 is 0 Å². The fourth-order valence-electron chi connectivity index (χ4n) is 4.81. The normalized spacial score (nSPS) is 17.8. The van der Waals surface area contributed by atoms with Gasteiger partial charge in [-0.2, -0.15) is 0 Å². The van der Waals surface area contributed by atoms with Gasteiger partial charge in [-0.05, 0) is 44.2 Å². The number of benzene rings is 1. The predicted octanol–water partition coefficient (Wildman–Crippen LogP) is 5.53. The molecule has 13 heteroatoms. The number of carbonyl (C=O) groups is 2. The molecule has 2 unspecified atom stereocenters. The van der Waals surface area contributed by atoms with Crippen molar-refractivity contribution in [3.8, 4) is 23.1 Å². The molecule has 1 aromatic carbocycles. The first kappa shape index (κ1) is 30.9. The van der Waals surface area contributed by atoms with Gasteiger partial charge in [0.1, 0.15) is 22.7 Å². The number of rotatable bonds is 10. The molecule has 45 heavy (non-hydrogen) atoms. The highest BCUT2D eigenvalue weighted by Crippen LogP contribution is 2.39. The number of methoxy groups -OCH3 is 2. The SMILES string of the molecule is C=C(OCC)C1(F)C=C(C(=O)Nc2ccc(Oc3ccnc4cc(OC)c(OC)nc34)c(F)c2)C(=O)N(c2ccccn2)C1C. The molecule has 0 aliphatic carbocycles. The van der Waals surface area contributed by atoms with E-state index in [2.05, 4.69) is 26.8 Å². The molecule has 232 valence electrons. The van der Waals surface area contributed by atoms with Crippen LogP contribution in [0.4, 0.5) is 20.3 Å². The topological polar surface area (TPSA) is 125 Å². The van der Waals surface area contributed by atoms with Gasteiger partial charge in [-0.3, -0.25) is 19.5 Å². The Morgan fingerprint density at radius 1 is 1.07 bits per heavy atom. The van der Waals surface area contributed by atoms with Crippen LogP contribution in [0.5, 0.6) is 23.1 Å². The molecule has 0 radical (unpaired) electrons. The van der Waals surface area contributed by atoms with Crippen LogP contribution in [0.25, 0.3) is 11.0 Å². The standard InChI is InChI=1S/C32H29F2N5O6/c1-6-44-19(3)32(34)17-21(31(41)39(18(32)2)27-9-7-8-13-36-27)29(40)37-20-10-11-24(22(33)15-20)45-25-12-14-35-23-16-26(42-4)30(43-5)38-28(23)25/h7-18H,3,6H2,1-2,4-5H3,(H,37,40). The molecule has 0 saturated heterocycles. The molecular weight excluding hydrogens is 588 g/mol. The maximum absolute atomic E-state index is 16.5. The first-order valence-electron chi connectivity index (χ1n) is 13.8. The zero-order valence-corrected chi connectivity index (χ0v) is 24.8. The van der Waals surface area contributed by atoms with Crippen molar-refractivity contribution in [2.24, 2.45) is 0 Å². The van der Waals surface area contributed by atoms with E-state index >= 15 is 8.78 Å². The van der Waals surface area contributed by atoms with Crippen molar-refractivity contribution < 1.29 is 37.3 Å². The van der Waals surface area contributed by atoms with Gasteiger partial charge in [0.15, 0.2) is 23.1 Å². The number of alkyl halides is 1. The van der Waals surface area contributed by atoms with Gasteiger partial charge in [0, 0.05) is 36.3 Å². The van der Waals surface area contributed by atoms with E-state index in [0.717, 1.165) is 17.0 Å². The Morgan fingerprint density at radius 2 is 1.87 bits per heavy atom. The number of carbonyl (C=O) groups excluding carboxylic acids is 2. The van der Waals surface area contributed by atoms with E-state index in [9.17, 15) is 9.59 Å². The fourth-order valence-corrected chi connectivity index (χ4v) is 4.81. The monoisotopic (exact) mass is 617 g/mol. The van der Waals surface area contributed by atoms with Crippen molar-refractivity contribution in [1.82, 2.24) is 15.0 Å². The van der Waals surface area contributed by atoms with Crippen molar-refractivity contribution >= 4 is 34.4 Å². The summed E-state index contributed by atoms with van der Waals surface area (Å²) in [7, 11) is 2.89. The Morgan fingerprint density at radius 3 is 2.53 bits per heavy atom. The van der Waals surface area contributed by atoms with Crippen LogP contribution in [0.3, 0.4) is 0 Å². The summed E-state index contributed by atoms with van der Waals surface area (Å²) in [6.45, 7) is 6.93. The van der Waals surface area contributed by atoms with E-state index in [1.54, 1.807) is 25.1 Å². The first-order chi connectivity index (χ1) is 21.6. The van der Waals surface area contributed by atoms with Crippen LogP contribution in [-0.4, -0.2) is 59.3 Å². The summed E-state index contributed by atoms with van der Waals surface area (Å²) in [4.78, 5) is 40.8. The third kappa shape index (κ3) is 5.84. The molecule has 1 aliphatic heterocycles. The van der Waals surface area contributed by atoms with E-state index in [4.69, 9.17) is 18.9 Å². The zero-order valence-electron chi connectivity index (χ0n) is 24.8. The van der Waals surface area contributed by atoms with Crippen molar-refractivity contribution in [2.75, 3.05) is 31.0 Å². The number of nitrogens with zero attached hydrogens (tertiary/aromatic N) is 4. The van der Waals surface area contributed by atoms with Crippen LogP contribution in [0, 0.1) is 5.82 Å². The summed E-state index contributed by atoms with van der Waals surface area (Å²) in [6.07, 6.45) is 3.79. The Hall–Kier alpha value is -5.59. The van der Waals surface area contributed by atoms with Gasteiger partial charge in [-0.1, -0.05) is 12.6 Å². The van der Waals surface area contributed by atoms with Crippen LogP contribution in [0.2, 0.25) is 0 Å². The second kappa shape index (κ2) is 12.6. The molecule has 5 rings (SSSR count). The molecule has 1 N–H and O–H groups in total. The molecule has 4 heterocycles. The van der Waals surface area contributed by atoms with Crippen LogP contribution in [-0.2, 0) is 14.3 Å². The van der Waals surface area contributed by atoms with E-state index in [1.807, 2.05) is 0 Å². The molecule has 0 saturated carbocycles. The number of hydrogen-bond acceptors (Lipinski definition) is 9. The molecule has 0 bridgehead atoms. The first-order valence-corrected chi connectivity index (χ1v) is 13.8. The molecule has 1 aliphatic rings. The summed E-state index contributed by atoms with van der Waals surface area (Å²) < 4.78 is 53.5. The van der Waals surface area contributed by atoms with Crippen molar-refractivity contribution in [3.63, 3.8) is 0 Å². The molecule has 3 aromatic heterocycles. The number of hydrogen-bond donors (Lipinski definition) is 1. The minimum Gasteiger partial charge on any atom is -0.495 e. The van der Waals surface area contributed by atoms with E-state index in [1.165, 1.54) is 57.8 Å². The highest BCUT2D eigenvalue weighted by atomic mass is 19.1. The van der Waals surface area contributed by atoms with E-state index < -0.39 is 34.9 Å². The van der Waals surface area contributed by atoms with Crippen LogP contribution >= 0.6 is 0 Å². The number of amides is 2. The van der Waals surface area contributed by atoms with Crippen molar-refractivity contribution in [2.45, 2.75) is 25.6 Å². The third-order valence-electron chi connectivity index (χ3n) is 7.12. The maximum atomic E-state index is 16.5. The number of ether oxygens (including phenoxy) is 4. The molecule has 0 fully saturated rings. The van der Waals surface area contributed by atoms with Crippen molar-refractivity contribution in [3.05, 3.63) is 90.7 Å². The summed E-state index contributed by atoms with van der Waals surface area (Å²) in [5.74, 6) is -2.22. The van der Waals surface area contributed by atoms with Gasteiger partial charge in [0.25, 0.3) is 17.7 Å². The number of nitrogens with one attached hydrogen (secondary N) is 1. The number of halogens is 2. The minimum atomic E-state index is -2.44. The van der Waals surface area contributed by atoms with E-state index in [0.29, 0.717) is 16.8 Å². The summed E-state index contributed by atoms with van der Waals surface area (Å²) in [6, 6.07) is 10.4. The summed E-state index contributed by atoms with van der Waals surface area (Å²) >= 11 is 0. The lowest BCUT2D eigenvalue weighted by Crippen LogP contribution is -2.57. The quantitative estimate of drug-likeness (QED) is 0.181. The van der Waals surface area contributed by atoms with Gasteiger partial charge in [0.05, 0.1) is 32.4 Å². The predicted molar refractivity (Wildman–Crippen MR) is 162 cm³/mol. The highest BCUT2D eigenvalue weighted by molar-refractivity contribution is 6.27. The van der Waals surface area contributed by atoms with Crippen molar-refractivity contribution in [1.29, 1.82) is 0 Å². The fraction of sp³-hybridized carbons (Fsp3) is 0.219. The molecule has 2 amide bonds. The van der Waals surface area contributed by atoms with Crippen LogP contribution in [0.15, 0.2) is 84.9 Å². The maximum Gasteiger partial charge on any atom is 0.265 e. The summed E-state index contributed by atoms with van der Waals surface area (Å²) in [5.41, 5.74) is -2.28. The van der Waals surface area contributed by atoms with Gasteiger partial charge in [-0.15, -0.1) is 0 Å². The van der Waals surface area contributed by atoms with Crippen LogP contribution < -0.4 is 24.4 Å². The van der Waals surface area contributed by atoms with E-state index in [-0.39, 0.29) is 41.3 Å². The molecular formula is C32H29F2N5O6. The lowest BCUT2D eigenvalue weighted by Gasteiger charge is -2.41. The average Bonchev–Trinajstić information content (AvgIpc) is 3.04. The molecule has 11 nitrogen and oxygen atoms in total.